The summed E-state index contributed by atoms with van der Waals surface area (Å²) in [6.07, 6.45) is 0. The van der Waals surface area contributed by atoms with Gasteiger partial charge in [0.1, 0.15) is 12.4 Å². The lowest BCUT2D eigenvalue weighted by Crippen LogP contribution is -2.21. The van der Waals surface area contributed by atoms with E-state index in [1.165, 1.54) is 0 Å². The number of rotatable bonds is 10. The highest BCUT2D eigenvalue weighted by Gasteiger charge is 2.13. The van der Waals surface area contributed by atoms with Crippen molar-refractivity contribution in [3.8, 4) is 5.75 Å². The van der Waals surface area contributed by atoms with Crippen LogP contribution in [0.2, 0.25) is 0 Å². The smallest absolute Gasteiger partial charge is 0.163 e. The average Bonchev–Trinajstić information content (AvgIpc) is 2.63. The molecule has 24 heavy (non-hydrogen) atoms. The van der Waals surface area contributed by atoms with Gasteiger partial charge in [0, 0.05) is 5.92 Å². The van der Waals surface area contributed by atoms with Gasteiger partial charge in [0.15, 0.2) is 5.78 Å². The van der Waals surface area contributed by atoms with Crippen molar-refractivity contribution in [2.45, 2.75) is 20.1 Å². The molecule has 0 saturated heterocycles. The van der Waals surface area contributed by atoms with Crippen molar-refractivity contribution in [3.63, 3.8) is 0 Å². The maximum Gasteiger partial charge on any atom is 0.163 e. The van der Waals surface area contributed by atoms with Crippen LogP contribution < -0.4 is 4.74 Å². The predicted molar refractivity (Wildman–Crippen MR) is 92.9 cm³/mol. The van der Waals surface area contributed by atoms with Crippen molar-refractivity contribution in [2.24, 2.45) is 5.92 Å². The Kier molecular flexibility index (Phi) is 7.46. The molecule has 0 fully saturated rings. The van der Waals surface area contributed by atoms with Crippen LogP contribution in [-0.4, -0.2) is 26.1 Å². The van der Waals surface area contributed by atoms with Gasteiger partial charge in [-0.2, -0.15) is 0 Å². The maximum absolute atomic E-state index is 12.0. The molecule has 4 heteroatoms. The number of Topliss-reactive ketones (excluding diaryl/α,β-unsaturated/α-hetero) is 1. The van der Waals surface area contributed by atoms with E-state index in [2.05, 4.69) is 0 Å². The number of benzene rings is 2. The van der Waals surface area contributed by atoms with Gasteiger partial charge in [0.2, 0.25) is 0 Å². The van der Waals surface area contributed by atoms with Gasteiger partial charge in [0.25, 0.3) is 0 Å². The summed E-state index contributed by atoms with van der Waals surface area (Å²) in [6.45, 7) is 3.29. The fourth-order valence-electron chi connectivity index (χ4n) is 2.15. The second-order valence-corrected chi connectivity index (χ2v) is 5.71. The second kappa shape index (κ2) is 9.85. The Balaban J connectivity index is 1.64. The molecule has 0 aliphatic carbocycles. The molecule has 0 spiro atoms. The molecule has 2 rings (SSSR count). The van der Waals surface area contributed by atoms with E-state index in [1.807, 2.05) is 61.5 Å². The molecule has 4 nitrogen and oxygen atoms in total. The summed E-state index contributed by atoms with van der Waals surface area (Å²) in [4.78, 5) is 12.0. The van der Waals surface area contributed by atoms with Crippen LogP contribution in [0.4, 0.5) is 0 Å². The first kappa shape index (κ1) is 18.2. The Hall–Kier alpha value is -2.17. The zero-order valence-electron chi connectivity index (χ0n) is 14.2. The van der Waals surface area contributed by atoms with Crippen LogP contribution in [0.1, 0.15) is 18.1 Å². The van der Waals surface area contributed by atoms with Gasteiger partial charge < -0.3 is 14.2 Å². The quantitative estimate of drug-likeness (QED) is 0.668. The third-order valence-electron chi connectivity index (χ3n) is 3.70. The minimum absolute atomic E-state index is 0.0562. The van der Waals surface area contributed by atoms with E-state index < -0.39 is 0 Å². The summed E-state index contributed by atoms with van der Waals surface area (Å²) in [7, 11) is 1.64. The molecule has 0 bridgehead atoms. The van der Waals surface area contributed by atoms with E-state index in [0.29, 0.717) is 19.8 Å². The van der Waals surface area contributed by atoms with Crippen molar-refractivity contribution in [1.82, 2.24) is 0 Å². The predicted octanol–water partition coefficient (Wildman–Crippen LogP) is 3.63. The summed E-state index contributed by atoms with van der Waals surface area (Å²) in [5, 5.41) is 0. The number of carbonyl (C=O) groups excluding carboxylic acids is 1. The molecule has 0 amide bonds. The van der Waals surface area contributed by atoms with Crippen molar-refractivity contribution in [2.75, 3.05) is 20.3 Å². The van der Waals surface area contributed by atoms with Crippen molar-refractivity contribution in [1.29, 1.82) is 0 Å². The topological polar surface area (TPSA) is 44.8 Å². The molecule has 0 saturated carbocycles. The highest BCUT2D eigenvalue weighted by Crippen LogP contribution is 2.12. The monoisotopic (exact) mass is 328 g/mol. The number of methoxy groups -OCH3 is 1. The van der Waals surface area contributed by atoms with Gasteiger partial charge in [0.05, 0.1) is 26.9 Å². The lowest BCUT2D eigenvalue weighted by atomic mass is 10.1. The molecule has 0 unspecified atom stereocenters. The zero-order chi connectivity index (χ0) is 17.2. The van der Waals surface area contributed by atoms with Crippen molar-refractivity contribution < 1.29 is 19.0 Å². The molecular weight excluding hydrogens is 304 g/mol. The van der Waals surface area contributed by atoms with Crippen molar-refractivity contribution >= 4 is 5.78 Å². The van der Waals surface area contributed by atoms with E-state index in [4.69, 9.17) is 14.2 Å². The van der Waals surface area contributed by atoms with Crippen LogP contribution in [0.5, 0.6) is 5.75 Å². The second-order valence-electron chi connectivity index (χ2n) is 5.71. The molecular formula is C20H24O4. The van der Waals surface area contributed by atoms with Gasteiger partial charge in [-0.1, -0.05) is 49.4 Å². The first-order chi connectivity index (χ1) is 11.7. The lowest BCUT2D eigenvalue weighted by Gasteiger charge is -2.12. The summed E-state index contributed by atoms with van der Waals surface area (Å²) in [6, 6.07) is 17.5. The number of ketones is 1. The van der Waals surface area contributed by atoms with Gasteiger partial charge in [-0.25, -0.2) is 0 Å². The maximum atomic E-state index is 12.0. The van der Waals surface area contributed by atoms with Gasteiger partial charge in [-0.15, -0.1) is 0 Å². The van der Waals surface area contributed by atoms with E-state index in [0.717, 1.165) is 16.9 Å². The number of ether oxygens (including phenoxy) is 3. The van der Waals surface area contributed by atoms with Gasteiger partial charge in [-0.3, -0.25) is 4.79 Å². The van der Waals surface area contributed by atoms with Crippen molar-refractivity contribution in [3.05, 3.63) is 65.7 Å². The minimum Gasteiger partial charge on any atom is -0.497 e. The Morgan fingerprint density at radius 1 is 0.917 bits per heavy atom. The summed E-state index contributed by atoms with van der Waals surface area (Å²) < 4.78 is 16.2. The normalized spacial score (nSPS) is 11.9. The zero-order valence-corrected chi connectivity index (χ0v) is 14.2. The lowest BCUT2D eigenvalue weighted by molar-refractivity contribution is -0.129. The Labute approximate surface area is 143 Å². The number of hydrogen-bond acceptors (Lipinski definition) is 4. The molecule has 0 radical (unpaired) electrons. The molecule has 2 aromatic rings. The molecule has 1 atom stereocenters. The Morgan fingerprint density at radius 2 is 1.54 bits per heavy atom. The largest absolute Gasteiger partial charge is 0.497 e. The molecule has 0 aliphatic rings. The van der Waals surface area contributed by atoms with Crippen LogP contribution in [0.3, 0.4) is 0 Å². The third kappa shape index (κ3) is 6.14. The minimum atomic E-state index is -0.181. The van der Waals surface area contributed by atoms with E-state index in [-0.39, 0.29) is 18.3 Å². The fraction of sp³-hybridized carbons (Fsp3) is 0.350. The summed E-state index contributed by atoms with van der Waals surface area (Å²) in [5.74, 6) is 0.692. The van der Waals surface area contributed by atoms with E-state index >= 15 is 0 Å². The number of carbonyl (C=O) groups is 1. The first-order valence-electron chi connectivity index (χ1n) is 8.04. The standard InChI is InChI=1S/C20H24O4/c1-16(12-23-14-18-8-10-19(22-2)11-9-18)20(21)15-24-13-17-6-4-3-5-7-17/h3-11,16H,12-15H2,1-2H3/t16-/m1/s1. The van der Waals surface area contributed by atoms with Crippen LogP contribution in [-0.2, 0) is 27.5 Å². The first-order valence-corrected chi connectivity index (χ1v) is 8.04. The highest BCUT2D eigenvalue weighted by atomic mass is 16.5. The van der Waals surface area contributed by atoms with E-state index in [9.17, 15) is 4.79 Å². The van der Waals surface area contributed by atoms with Crippen LogP contribution in [0.15, 0.2) is 54.6 Å². The highest BCUT2D eigenvalue weighted by molar-refractivity contribution is 5.81. The third-order valence-corrected chi connectivity index (χ3v) is 3.70. The van der Waals surface area contributed by atoms with Crippen LogP contribution in [0.25, 0.3) is 0 Å². The molecule has 0 aromatic heterocycles. The summed E-state index contributed by atoms with van der Waals surface area (Å²) in [5.41, 5.74) is 2.12. The summed E-state index contributed by atoms with van der Waals surface area (Å²) >= 11 is 0. The molecule has 0 aliphatic heterocycles. The molecule has 0 N–H and O–H groups in total. The van der Waals surface area contributed by atoms with Crippen LogP contribution >= 0.6 is 0 Å². The average molecular weight is 328 g/mol. The SMILES string of the molecule is COc1ccc(COC[C@@H](C)C(=O)COCc2ccccc2)cc1. The van der Waals surface area contributed by atoms with Gasteiger partial charge in [-0.05, 0) is 23.3 Å². The van der Waals surface area contributed by atoms with Crippen LogP contribution in [0, 0.1) is 5.92 Å². The Bertz CT molecular complexity index is 607. The fourth-order valence-corrected chi connectivity index (χ4v) is 2.15. The Morgan fingerprint density at radius 3 is 2.21 bits per heavy atom. The molecule has 128 valence electrons. The molecule has 2 aromatic carbocycles. The van der Waals surface area contributed by atoms with Gasteiger partial charge >= 0.3 is 0 Å². The number of hydrogen-bond donors (Lipinski definition) is 0. The van der Waals surface area contributed by atoms with E-state index in [1.54, 1.807) is 7.11 Å². The molecule has 0 heterocycles.